The summed E-state index contributed by atoms with van der Waals surface area (Å²) in [5, 5.41) is 0. The fourth-order valence-electron chi connectivity index (χ4n) is 4.58. The van der Waals surface area contributed by atoms with Crippen LogP contribution in [0.2, 0.25) is 0 Å². The Morgan fingerprint density at radius 2 is 1.96 bits per heavy atom. The first kappa shape index (κ1) is 15.6. The van der Waals surface area contributed by atoms with Gasteiger partial charge >= 0.3 is 6.03 Å². The van der Waals surface area contributed by atoms with Gasteiger partial charge in [-0.15, -0.1) is 0 Å². The Hall–Kier alpha value is -1.88. The lowest BCUT2D eigenvalue weighted by Crippen LogP contribution is -2.45. The molecule has 5 nitrogen and oxygen atoms in total. The molecule has 0 unspecified atom stereocenters. The lowest BCUT2D eigenvalue weighted by molar-refractivity contribution is -0.133. The van der Waals surface area contributed by atoms with Gasteiger partial charge in [0.1, 0.15) is 5.54 Å². The molecule has 3 saturated heterocycles. The Bertz CT molecular complexity index is 662. The maximum Gasteiger partial charge on any atom is 0.327 e. The summed E-state index contributed by atoms with van der Waals surface area (Å²) in [5.74, 6) is 0.0174. The van der Waals surface area contributed by atoms with E-state index in [0.29, 0.717) is 12.6 Å². The molecule has 4 rings (SSSR count). The molecule has 3 fully saturated rings. The van der Waals surface area contributed by atoms with Crippen LogP contribution in [0.15, 0.2) is 30.3 Å². The molecule has 1 aromatic rings. The monoisotopic (exact) mass is 327 g/mol. The van der Waals surface area contributed by atoms with E-state index in [4.69, 9.17) is 0 Å². The van der Waals surface area contributed by atoms with Crippen LogP contribution in [0.3, 0.4) is 0 Å². The lowest BCUT2D eigenvalue weighted by atomic mass is 9.98. The highest BCUT2D eigenvalue weighted by atomic mass is 16.2. The van der Waals surface area contributed by atoms with Crippen LogP contribution in [0.1, 0.15) is 38.7 Å². The molecule has 0 aliphatic carbocycles. The number of urea groups is 1. The smallest absolute Gasteiger partial charge is 0.310 e. The van der Waals surface area contributed by atoms with Crippen LogP contribution < -0.4 is 0 Å². The van der Waals surface area contributed by atoms with E-state index in [9.17, 15) is 9.59 Å². The van der Waals surface area contributed by atoms with Gasteiger partial charge in [-0.1, -0.05) is 30.3 Å². The van der Waals surface area contributed by atoms with Gasteiger partial charge in [-0.25, -0.2) is 4.79 Å². The van der Waals surface area contributed by atoms with Crippen molar-refractivity contribution in [2.75, 3.05) is 13.1 Å². The molecule has 3 heterocycles. The predicted octanol–water partition coefficient (Wildman–Crippen LogP) is 2.47. The van der Waals surface area contributed by atoms with E-state index in [1.54, 1.807) is 9.80 Å². The molecule has 1 aromatic carbocycles. The zero-order valence-electron chi connectivity index (χ0n) is 14.4. The summed E-state index contributed by atoms with van der Waals surface area (Å²) >= 11 is 0. The van der Waals surface area contributed by atoms with E-state index in [0.717, 1.165) is 32.4 Å². The van der Waals surface area contributed by atoms with Gasteiger partial charge in [-0.2, -0.15) is 0 Å². The third kappa shape index (κ3) is 2.25. The molecule has 0 bridgehead atoms. The highest BCUT2D eigenvalue weighted by Gasteiger charge is 2.58. The molecular formula is C19H25N3O2. The van der Waals surface area contributed by atoms with Crippen LogP contribution in [0, 0.1) is 0 Å². The van der Waals surface area contributed by atoms with Gasteiger partial charge in [-0.05, 0) is 38.7 Å². The van der Waals surface area contributed by atoms with E-state index in [1.807, 2.05) is 13.0 Å². The number of carbonyl (C=O) groups excluding carboxylic acids is 2. The summed E-state index contributed by atoms with van der Waals surface area (Å²) in [6, 6.07) is 10.7. The quantitative estimate of drug-likeness (QED) is 0.801. The van der Waals surface area contributed by atoms with Crippen LogP contribution in [0.4, 0.5) is 4.79 Å². The number of amides is 3. The number of hydrogen-bond acceptors (Lipinski definition) is 3. The maximum atomic E-state index is 12.9. The molecule has 3 aliphatic heterocycles. The predicted molar refractivity (Wildman–Crippen MR) is 91.3 cm³/mol. The minimum absolute atomic E-state index is 0.00568. The fraction of sp³-hybridized carbons (Fsp3) is 0.579. The van der Waals surface area contributed by atoms with Crippen molar-refractivity contribution >= 4 is 11.9 Å². The Kier molecular flexibility index (Phi) is 3.64. The zero-order chi connectivity index (χ0) is 16.9. The summed E-state index contributed by atoms with van der Waals surface area (Å²) in [6.07, 6.45) is 2.60. The third-order valence-corrected chi connectivity index (χ3v) is 6.03. The Balaban J connectivity index is 1.50. The first-order chi connectivity index (χ1) is 11.5. The van der Waals surface area contributed by atoms with E-state index in [1.165, 1.54) is 5.56 Å². The van der Waals surface area contributed by atoms with Gasteiger partial charge in [-0.3, -0.25) is 14.6 Å². The Morgan fingerprint density at radius 1 is 1.21 bits per heavy atom. The summed E-state index contributed by atoms with van der Waals surface area (Å²) in [4.78, 5) is 31.4. The summed E-state index contributed by atoms with van der Waals surface area (Å²) < 4.78 is 0. The van der Waals surface area contributed by atoms with Crippen molar-refractivity contribution < 1.29 is 9.59 Å². The second-order valence-electron chi connectivity index (χ2n) is 7.64. The molecule has 5 heteroatoms. The molecule has 128 valence electrons. The number of likely N-dealkylation sites (tertiary alicyclic amines) is 1. The van der Waals surface area contributed by atoms with Crippen molar-refractivity contribution in [3.63, 3.8) is 0 Å². The van der Waals surface area contributed by atoms with E-state index in [2.05, 4.69) is 36.1 Å². The topological polar surface area (TPSA) is 43.9 Å². The molecule has 3 atom stereocenters. The second-order valence-corrected chi connectivity index (χ2v) is 7.64. The first-order valence-electron chi connectivity index (χ1n) is 8.94. The molecule has 0 aromatic heterocycles. The first-order valence-corrected chi connectivity index (χ1v) is 8.94. The van der Waals surface area contributed by atoms with Crippen LogP contribution in [-0.2, 0) is 11.3 Å². The molecule has 0 radical (unpaired) electrons. The summed E-state index contributed by atoms with van der Waals surface area (Å²) in [5.41, 5.74) is 0.685. The molecule has 0 spiro atoms. The van der Waals surface area contributed by atoms with Crippen LogP contribution in [-0.4, -0.2) is 57.4 Å². The number of rotatable bonds is 3. The van der Waals surface area contributed by atoms with Crippen molar-refractivity contribution in [2.45, 2.75) is 57.3 Å². The van der Waals surface area contributed by atoms with E-state index in [-0.39, 0.29) is 18.0 Å². The molecule has 24 heavy (non-hydrogen) atoms. The standard InChI is InChI=1S/C19H25N3O2/c1-14-11-16(13-20(14)12-15-7-4-3-5-8-15)22-17(23)19(2)9-6-10-21(19)18(22)24/h3-5,7-8,14,16H,6,9-13H2,1-2H3/t14-,16-,19-/m0/s1. The lowest BCUT2D eigenvalue weighted by Gasteiger charge is -2.24. The van der Waals surface area contributed by atoms with Gasteiger partial charge in [0.15, 0.2) is 0 Å². The van der Waals surface area contributed by atoms with Gasteiger partial charge in [0.2, 0.25) is 0 Å². The van der Waals surface area contributed by atoms with Crippen LogP contribution in [0.25, 0.3) is 0 Å². The van der Waals surface area contributed by atoms with Crippen LogP contribution >= 0.6 is 0 Å². The van der Waals surface area contributed by atoms with Crippen molar-refractivity contribution in [2.24, 2.45) is 0 Å². The fourth-order valence-corrected chi connectivity index (χ4v) is 4.58. The Labute approximate surface area is 143 Å². The number of benzene rings is 1. The van der Waals surface area contributed by atoms with E-state index < -0.39 is 5.54 Å². The highest BCUT2D eigenvalue weighted by Crippen LogP contribution is 2.40. The van der Waals surface area contributed by atoms with Crippen LogP contribution in [0.5, 0.6) is 0 Å². The third-order valence-electron chi connectivity index (χ3n) is 6.03. The molecular weight excluding hydrogens is 302 g/mol. The average Bonchev–Trinajstić information content (AvgIpc) is 3.17. The summed E-state index contributed by atoms with van der Waals surface area (Å²) in [7, 11) is 0. The minimum atomic E-state index is -0.590. The largest absolute Gasteiger partial charge is 0.327 e. The average molecular weight is 327 g/mol. The number of imide groups is 1. The number of hydrogen-bond donors (Lipinski definition) is 0. The van der Waals surface area contributed by atoms with E-state index >= 15 is 0 Å². The SMILES string of the molecule is C[C@H]1C[C@H](N2C(=O)N3CCC[C@@]3(C)C2=O)CN1Cc1ccccc1. The van der Waals surface area contributed by atoms with Crippen molar-refractivity contribution in [1.29, 1.82) is 0 Å². The number of fused-ring (bicyclic) bond motifs is 1. The summed E-state index contributed by atoms with van der Waals surface area (Å²) in [6.45, 7) is 6.48. The molecule has 3 amide bonds. The van der Waals surface area contributed by atoms with Crippen molar-refractivity contribution in [3.8, 4) is 0 Å². The molecule has 0 N–H and O–H groups in total. The van der Waals surface area contributed by atoms with Gasteiger partial charge < -0.3 is 4.90 Å². The minimum Gasteiger partial charge on any atom is -0.310 e. The van der Waals surface area contributed by atoms with Gasteiger partial charge in [0.05, 0.1) is 6.04 Å². The second kappa shape index (κ2) is 5.59. The van der Waals surface area contributed by atoms with Crippen molar-refractivity contribution in [3.05, 3.63) is 35.9 Å². The number of nitrogens with zero attached hydrogens (tertiary/aromatic N) is 3. The Morgan fingerprint density at radius 3 is 2.67 bits per heavy atom. The molecule has 3 aliphatic rings. The van der Waals surface area contributed by atoms with Crippen molar-refractivity contribution in [1.82, 2.24) is 14.7 Å². The zero-order valence-corrected chi connectivity index (χ0v) is 14.4. The maximum absolute atomic E-state index is 12.9. The number of carbonyl (C=O) groups is 2. The van der Waals surface area contributed by atoms with Gasteiger partial charge in [0.25, 0.3) is 5.91 Å². The highest BCUT2D eigenvalue weighted by molar-refractivity contribution is 6.07. The molecule has 0 saturated carbocycles. The normalized spacial score (nSPS) is 33.6. The van der Waals surface area contributed by atoms with Gasteiger partial charge in [0, 0.05) is 25.7 Å².